The van der Waals surface area contributed by atoms with Gasteiger partial charge in [-0.2, -0.15) is 5.26 Å². The number of anilines is 1. The Balaban J connectivity index is 1.60. The Labute approximate surface area is 197 Å². The van der Waals surface area contributed by atoms with E-state index in [1.165, 1.54) is 4.88 Å². The number of fused-ring (bicyclic) bond motifs is 2. The smallest absolute Gasteiger partial charge is 0.257 e. The van der Waals surface area contributed by atoms with Crippen LogP contribution in [0.25, 0.3) is 22.2 Å². The number of nitriles is 1. The second-order valence-electron chi connectivity index (χ2n) is 9.01. The number of hydrogen-bond acceptors (Lipinski definition) is 4. The zero-order chi connectivity index (χ0) is 23.1. The van der Waals surface area contributed by atoms with Crippen molar-refractivity contribution >= 4 is 33.1 Å². The zero-order valence-electron chi connectivity index (χ0n) is 19.0. The van der Waals surface area contributed by atoms with Crippen LogP contribution in [-0.2, 0) is 12.8 Å². The van der Waals surface area contributed by atoms with Crippen molar-refractivity contribution in [2.45, 2.75) is 40.0 Å². The normalized spacial score (nSPS) is 15.2. The summed E-state index contributed by atoms with van der Waals surface area (Å²) in [5.41, 5.74) is 7.15. The van der Waals surface area contributed by atoms with E-state index < -0.39 is 0 Å². The molecule has 4 nitrogen and oxygen atoms in total. The van der Waals surface area contributed by atoms with E-state index in [9.17, 15) is 10.1 Å². The number of para-hydroxylation sites is 1. The van der Waals surface area contributed by atoms with Gasteiger partial charge >= 0.3 is 0 Å². The highest BCUT2D eigenvalue weighted by Crippen LogP contribution is 2.39. The zero-order valence-corrected chi connectivity index (χ0v) is 19.8. The highest BCUT2D eigenvalue weighted by molar-refractivity contribution is 7.16. The molecule has 164 valence electrons. The highest BCUT2D eigenvalue weighted by Gasteiger charge is 2.25. The molecule has 1 amide bonds. The summed E-state index contributed by atoms with van der Waals surface area (Å²) >= 11 is 1.55. The standard InChI is InChI=1S/C28H25N3OS/c1-16-8-10-18(3)21(12-16)25-14-22(19-6-4-5-7-24(19)30-25)27(32)31-28-23(15-29)20-11-9-17(2)13-26(20)33-28/h4-8,10,12,14,17H,9,11,13H2,1-3H3,(H,31,32). The van der Waals surface area contributed by atoms with Crippen molar-refractivity contribution in [3.05, 3.63) is 81.2 Å². The largest absolute Gasteiger partial charge is 0.312 e. The quantitative estimate of drug-likeness (QED) is 0.371. The molecule has 1 unspecified atom stereocenters. The lowest BCUT2D eigenvalue weighted by Gasteiger charge is -2.17. The van der Waals surface area contributed by atoms with Crippen molar-refractivity contribution in [1.29, 1.82) is 5.26 Å². The molecule has 33 heavy (non-hydrogen) atoms. The Bertz CT molecular complexity index is 1440. The van der Waals surface area contributed by atoms with Gasteiger partial charge in [0.25, 0.3) is 5.91 Å². The molecule has 0 saturated heterocycles. The Hall–Kier alpha value is -3.49. The van der Waals surface area contributed by atoms with Crippen LogP contribution in [0, 0.1) is 31.1 Å². The minimum atomic E-state index is -0.205. The number of carbonyl (C=O) groups is 1. The first-order valence-electron chi connectivity index (χ1n) is 11.3. The third kappa shape index (κ3) is 3.92. The lowest BCUT2D eigenvalue weighted by molar-refractivity contribution is 0.102. The van der Waals surface area contributed by atoms with Gasteiger partial charge in [-0.15, -0.1) is 11.3 Å². The molecule has 2 aromatic heterocycles. The number of aryl methyl sites for hydroxylation is 2. The fourth-order valence-electron chi connectivity index (χ4n) is 4.64. The van der Waals surface area contributed by atoms with Crippen molar-refractivity contribution in [3.63, 3.8) is 0 Å². The molecule has 1 aliphatic rings. The number of pyridine rings is 1. The molecular weight excluding hydrogens is 426 g/mol. The summed E-state index contributed by atoms with van der Waals surface area (Å²) < 4.78 is 0. The lowest BCUT2D eigenvalue weighted by Crippen LogP contribution is -2.13. The maximum atomic E-state index is 13.6. The molecule has 5 rings (SSSR count). The predicted octanol–water partition coefficient (Wildman–Crippen LogP) is 6.83. The Morgan fingerprint density at radius 2 is 2.00 bits per heavy atom. The van der Waals surface area contributed by atoms with Crippen LogP contribution < -0.4 is 5.32 Å². The molecular formula is C28H25N3OS. The van der Waals surface area contributed by atoms with Crippen LogP contribution in [0.15, 0.2) is 48.5 Å². The van der Waals surface area contributed by atoms with E-state index in [1.807, 2.05) is 30.3 Å². The van der Waals surface area contributed by atoms with E-state index in [0.29, 0.717) is 22.0 Å². The molecule has 0 saturated carbocycles. The van der Waals surface area contributed by atoms with Crippen LogP contribution in [0.3, 0.4) is 0 Å². The van der Waals surface area contributed by atoms with Gasteiger partial charge in [0.1, 0.15) is 11.1 Å². The number of carbonyl (C=O) groups excluding carboxylic acids is 1. The summed E-state index contributed by atoms with van der Waals surface area (Å²) in [6.07, 6.45) is 2.96. The molecule has 4 aromatic rings. The molecule has 0 bridgehead atoms. The fourth-order valence-corrected chi connectivity index (χ4v) is 6.00. The average molecular weight is 452 g/mol. The van der Waals surface area contributed by atoms with Gasteiger partial charge in [0.05, 0.1) is 22.3 Å². The summed E-state index contributed by atoms with van der Waals surface area (Å²) in [5.74, 6) is 0.402. The minimum absolute atomic E-state index is 0.205. The maximum Gasteiger partial charge on any atom is 0.257 e. The van der Waals surface area contributed by atoms with Crippen molar-refractivity contribution in [2.24, 2.45) is 5.92 Å². The van der Waals surface area contributed by atoms with Crippen LogP contribution in [0.5, 0.6) is 0 Å². The van der Waals surface area contributed by atoms with Gasteiger partial charge in [-0.25, -0.2) is 4.98 Å². The number of hydrogen-bond donors (Lipinski definition) is 1. The Morgan fingerprint density at radius 3 is 2.82 bits per heavy atom. The molecule has 1 aliphatic carbocycles. The summed E-state index contributed by atoms with van der Waals surface area (Å²) in [4.78, 5) is 19.7. The van der Waals surface area contributed by atoms with Crippen LogP contribution in [-0.4, -0.2) is 10.9 Å². The maximum absolute atomic E-state index is 13.6. The molecule has 1 atom stereocenters. The van der Waals surface area contributed by atoms with E-state index in [0.717, 1.165) is 58.1 Å². The minimum Gasteiger partial charge on any atom is -0.312 e. The summed E-state index contributed by atoms with van der Waals surface area (Å²) in [6.45, 7) is 6.35. The number of amides is 1. The number of thiophene rings is 1. The Kier molecular flexibility index (Phi) is 5.47. The first-order chi connectivity index (χ1) is 15.9. The van der Waals surface area contributed by atoms with Crippen molar-refractivity contribution in [2.75, 3.05) is 5.32 Å². The SMILES string of the molecule is Cc1ccc(C)c(-c2cc(C(=O)Nc3sc4c(c3C#N)CCC(C)C4)c3ccccc3n2)c1. The predicted molar refractivity (Wildman–Crippen MR) is 135 cm³/mol. The fraction of sp³-hybridized carbons (Fsp3) is 0.250. The number of rotatable bonds is 3. The van der Waals surface area contributed by atoms with Gasteiger partial charge in [0.15, 0.2) is 0 Å². The lowest BCUT2D eigenvalue weighted by atomic mass is 9.88. The second kappa shape index (κ2) is 8.46. The highest BCUT2D eigenvalue weighted by atomic mass is 32.1. The molecule has 5 heteroatoms. The topological polar surface area (TPSA) is 65.8 Å². The van der Waals surface area contributed by atoms with E-state index >= 15 is 0 Å². The van der Waals surface area contributed by atoms with Crippen molar-refractivity contribution in [3.8, 4) is 17.3 Å². The van der Waals surface area contributed by atoms with Gasteiger partial charge in [-0.1, -0.05) is 42.8 Å². The average Bonchev–Trinajstić information content (AvgIpc) is 3.15. The molecule has 0 spiro atoms. The van der Waals surface area contributed by atoms with Crippen LogP contribution in [0.4, 0.5) is 5.00 Å². The van der Waals surface area contributed by atoms with E-state index in [-0.39, 0.29) is 5.91 Å². The van der Waals surface area contributed by atoms with Gasteiger partial charge in [0.2, 0.25) is 0 Å². The van der Waals surface area contributed by atoms with E-state index in [4.69, 9.17) is 4.98 Å². The third-order valence-electron chi connectivity index (χ3n) is 6.48. The van der Waals surface area contributed by atoms with Gasteiger partial charge in [-0.3, -0.25) is 4.79 Å². The molecule has 0 radical (unpaired) electrons. The molecule has 0 aliphatic heterocycles. The number of nitrogens with zero attached hydrogens (tertiary/aromatic N) is 2. The summed E-state index contributed by atoms with van der Waals surface area (Å²) in [6, 6.07) is 18.2. The summed E-state index contributed by atoms with van der Waals surface area (Å²) in [7, 11) is 0. The first-order valence-corrected chi connectivity index (χ1v) is 12.1. The molecule has 2 heterocycles. The number of nitrogens with one attached hydrogen (secondary N) is 1. The van der Waals surface area contributed by atoms with Gasteiger partial charge in [-0.05, 0) is 68.4 Å². The van der Waals surface area contributed by atoms with Crippen molar-refractivity contribution < 1.29 is 4.79 Å². The number of benzene rings is 2. The van der Waals surface area contributed by atoms with Gasteiger partial charge < -0.3 is 5.32 Å². The number of aromatic nitrogens is 1. The van der Waals surface area contributed by atoms with Gasteiger partial charge in [0, 0.05) is 15.8 Å². The van der Waals surface area contributed by atoms with E-state index in [1.54, 1.807) is 11.3 Å². The Morgan fingerprint density at radius 1 is 1.18 bits per heavy atom. The van der Waals surface area contributed by atoms with Crippen LogP contribution in [0.1, 0.15) is 50.8 Å². The molecule has 0 fully saturated rings. The molecule has 2 aromatic carbocycles. The summed E-state index contributed by atoms with van der Waals surface area (Å²) in [5, 5.41) is 14.4. The second-order valence-corrected chi connectivity index (χ2v) is 10.1. The monoisotopic (exact) mass is 451 g/mol. The van der Waals surface area contributed by atoms with Crippen LogP contribution >= 0.6 is 11.3 Å². The first kappa shape index (κ1) is 21.4. The third-order valence-corrected chi connectivity index (χ3v) is 7.65. The van der Waals surface area contributed by atoms with Crippen molar-refractivity contribution in [1.82, 2.24) is 4.98 Å². The van der Waals surface area contributed by atoms with E-state index in [2.05, 4.69) is 50.4 Å². The molecule has 1 N–H and O–H groups in total. The van der Waals surface area contributed by atoms with Crippen LogP contribution in [0.2, 0.25) is 0 Å².